The lowest BCUT2D eigenvalue weighted by molar-refractivity contribution is -0.141. The summed E-state index contributed by atoms with van der Waals surface area (Å²) in [5, 5.41) is 17.6. The second kappa shape index (κ2) is 5.17. The van der Waals surface area contributed by atoms with Gasteiger partial charge in [0.25, 0.3) is 0 Å². The number of benzene rings is 1. The number of nitriles is 1. The Morgan fingerprint density at radius 3 is 2.81 bits per heavy atom. The van der Waals surface area contributed by atoms with Gasteiger partial charge in [-0.2, -0.15) is 5.26 Å². The number of rotatable bonds is 4. The largest absolute Gasteiger partial charge is 0.495 e. The van der Waals surface area contributed by atoms with Crippen LogP contribution in [0, 0.1) is 17.2 Å². The molecule has 4 heteroatoms. The fourth-order valence-electron chi connectivity index (χ4n) is 1.40. The highest BCUT2D eigenvalue weighted by atomic mass is 16.5. The molecule has 16 heavy (non-hydrogen) atoms. The Kier molecular flexibility index (Phi) is 3.90. The van der Waals surface area contributed by atoms with Crippen LogP contribution in [0.3, 0.4) is 0 Å². The first-order valence-corrected chi connectivity index (χ1v) is 4.88. The molecule has 0 aromatic heterocycles. The summed E-state index contributed by atoms with van der Waals surface area (Å²) in [7, 11) is 1.49. The van der Waals surface area contributed by atoms with Crippen molar-refractivity contribution < 1.29 is 14.6 Å². The van der Waals surface area contributed by atoms with Crippen molar-refractivity contribution in [1.29, 1.82) is 5.26 Å². The predicted molar refractivity (Wildman–Crippen MR) is 58.2 cm³/mol. The van der Waals surface area contributed by atoms with Gasteiger partial charge in [-0.05, 0) is 24.1 Å². The molecular formula is C12H13NO3. The van der Waals surface area contributed by atoms with E-state index in [2.05, 4.69) is 0 Å². The fourth-order valence-corrected chi connectivity index (χ4v) is 1.40. The SMILES string of the molecule is COc1cc(CC(C)C(=O)O)ccc1C#N. The van der Waals surface area contributed by atoms with Crippen LogP contribution in [0.5, 0.6) is 5.75 Å². The third kappa shape index (κ3) is 2.74. The summed E-state index contributed by atoms with van der Waals surface area (Å²) in [6.45, 7) is 1.65. The van der Waals surface area contributed by atoms with Crippen LogP contribution < -0.4 is 4.74 Å². The van der Waals surface area contributed by atoms with Crippen LogP contribution in [0.1, 0.15) is 18.1 Å². The summed E-state index contributed by atoms with van der Waals surface area (Å²) in [5.74, 6) is -0.793. The van der Waals surface area contributed by atoms with Gasteiger partial charge in [-0.15, -0.1) is 0 Å². The van der Waals surface area contributed by atoms with Crippen LogP contribution in [-0.4, -0.2) is 18.2 Å². The van der Waals surface area contributed by atoms with Gasteiger partial charge in [-0.1, -0.05) is 13.0 Å². The highest BCUT2D eigenvalue weighted by molar-refractivity contribution is 5.70. The number of ether oxygens (including phenoxy) is 1. The van der Waals surface area contributed by atoms with Crippen LogP contribution in [0.15, 0.2) is 18.2 Å². The molecule has 0 spiro atoms. The van der Waals surface area contributed by atoms with Gasteiger partial charge in [0.05, 0.1) is 18.6 Å². The average molecular weight is 219 g/mol. The van der Waals surface area contributed by atoms with Crippen molar-refractivity contribution >= 4 is 5.97 Å². The molecule has 0 heterocycles. The standard InChI is InChI=1S/C12H13NO3/c1-8(12(14)15)5-9-3-4-10(7-13)11(6-9)16-2/h3-4,6,8H,5H2,1-2H3,(H,14,15). The minimum Gasteiger partial charge on any atom is -0.495 e. The van der Waals surface area contributed by atoms with Crippen LogP contribution in [0.2, 0.25) is 0 Å². The number of nitrogens with zero attached hydrogens (tertiary/aromatic N) is 1. The van der Waals surface area contributed by atoms with Crippen molar-refractivity contribution in [3.05, 3.63) is 29.3 Å². The number of aliphatic carboxylic acids is 1. The van der Waals surface area contributed by atoms with Crippen LogP contribution >= 0.6 is 0 Å². The molecular weight excluding hydrogens is 206 g/mol. The number of hydrogen-bond donors (Lipinski definition) is 1. The van der Waals surface area contributed by atoms with E-state index in [1.165, 1.54) is 7.11 Å². The van der Waals surface area contributed by atoms with E-state index in [1.54, 1.807) is 25.1 Å². The first-order chi connectivity index (χ1) is 7.58. The molecule has 0 radical (unpaired) electrons. The van der Waals surface area contributed by atoms with Gasteiger partial charge in [0.15, 0.2) is 0 Å². The molecule has 0 aliphatic rings. The lowest BCUT2D eigenvalue weighted by Gasteiger charge is -2.08. The van der Waals surface area contributed by atoms with E-state index < -0.39 is 11.9 Å². The van der Waals surface area contributed by atoms with Crippen molar-refractivity contribution in [3.63, 3.8) is 0 Å². The van der Waals surface area contributed by atoms with Gasteiger partial charge < -0.3 is 9.84 Å². The highest BCUT2D eigenvalue weighted by Crippen LogP contribution is 2.21. The molecule has 1 rings (SSSR count). The van der Waals surface area contributed by atoms with Crippen molar-refractivity contribution in [1.82, 2.24) is 0 Å². The van der Waals surface area contributed by atoms with Gasteiger partial charge in [-0.25, -0.2) is 0 Å². The van der Waals surface area contributed by atoms with Crippen LogP contribution in [0.25, 0.3) is 0 Å². The zero-order valence-corrected chi connectivity index (χ0v) is 9.23. The van der Waals surface area contributed by atoms with E-state index in [9.17, 15) is 4.79 Å². The van der Waals surface area contributed by atoms with E-state index in [-0.39, 0.29) is 0 Å². The number of carboxylic acids is 1. The number of carbonyl (C=O) groups is 1. The smallest absolute Gasteiger partial charge is 0.306 e. The second-order valence-corrected chi connectivity index (χ2v) is 3.59. The van der Waals surface area contributed by atoms with Crippen molar-refractivity contribution in [2.75, 3.05) is 7.11 Å². The molecule has 0 saturated carbocycles. The predicted octanol–water partition coefficient (Wildman–Crippen LogP) is 1.83. The molecule has 1 N–H and O–H groups in total. The quantitative estimate of drug-likeness (QED) is 0.838. The Morgan fingerprint density at radius 2 is 2.31 bits per heavy atom. The van der Waals surface area contributed by atoms with Gasteiger partial charge in [-0.3, -0.25) is 4.79 Å². The van der Waals surface area contributed by atoms with Gasteiger partial charge >= 0.3 is 5.97 Å². The van der Waals surface area contributed by atoms with E-state index in [4.69, 9.17) is 15.1 Å². The number of methoxy groups -OCH3 is 1. The van der Waals surface area contributed by atoms with Crippen LogP contribution in [-0.2, 0) is 11.2 Å². The first kappa shape index (κ1) is 12.1. The third-order valence-electron chi connectivity index (χ3n) is 2.35. The maximum atomic E-state index is 10.7. The summed E-state index contributed by atoms with van der Waals surface area (Å²) in [5.41, 5.74) is 1.31. The summed E-state index contributed by atoms with van der Waals surface area (Å²) in [4.78, 5) is 10.7. The lowest BCUT2D eigenvalue weighted by atomic mass is 10.00. The Balaban J connectivity index is 2.92. The Hall–Kier alpha value is -2.02. The molecule has 0 saturated heterocycles. The van der Waals surface area contributed by atoms with E-state index in [0.717, 1.165) is 5.56 Å². The molecule has 0 aliphatic heterocycles. The molecule has 0 amide bonds. The second-order valence-electron chi connectivity index (χ2n) is 3.59. The Bertz CT molecular complexity index is 434. The van der Waals surface area contributed by atoms with Gasteiger partial charge in [0.2, 0.25) is 0 Å². The minimum absolute atomic E-state index is 0.428. The molecule has 4 nitrogen and oxygen atoms in total. The van der Waals surface area contributed by atoms with Crippen molar-refractivity contribution in [2.45, 2.75) is 13.3 Å². The number of hydrogen-bond acceptors (Lipinski definition) is 3. The zero-order chi connectivity index (χ0) is 12.1. The van der Waals surface area contributed by atoms with E-state index in [1.807, 2.05) is 6.07 Å². The topological polar surface area (TPSA) is 70.3 Å². The summed E-state index contributed by atoms with van der Waals surface area (Å²) in [6.07, 6.45) is 0.428. The molecule has 1 unspecified atom stereocenters. The van der Waals surface area contributed by atoms with Crippen molar-refractivity contribution in [3.8, 4) is 11.8 Å². The van der Waals surface area contributed by atoms with Crippen LogP contribution in [0.4, 0.5) is 0 Å². The van der Waals surface area contributed by atoms with Gasteiger partial charge in [0.1, 0.15) is 11.8 Å². The lowest BCUT2D eigenvalue weighted by Crippen LogP contribution is -2.12. The summed E-state index contributed by atoms with van der Waals surface area (Å²) < 4.78 is 5.05. The summed E-state index contributed by atoms with van der Waals surface area (Å²) in [6, 6.07) is 7.11. The molecule has 1 atom stereocenters. The summed E-state index contributed by atoms with van der Waals surface area (Å²) >= 11 is 0. The maximum Gasteiger partial charge on any atom is 0.306 e. The molecule has 84 valence electrons. The molecule has 0 bridgehead atoms. The molecule has 1 aromatic rings. The monoisotopic (exact) mass is 219 g/mol. The number of carboxylic acid groups (broad SMARTS) is 1. The van der Waals surface area contributed by atoms with E-state index >= 15 is 0 Å². The average Bonchev–Trinajstić information content (AvgIpc) is 2.28. The minimum atomic E-state index is -0.830. The first-order valence-electron chi connectivity index (χ1n) is 4.88. The van der Waals surface area contributed by atoms with Gasteiger partial charge in [0, 0.05) is 0 Å². The fraction of sp³-hybridized carbons (Fsp3) is 0.333. The normalized spacial score (nSPS) is 11.6. The molecule has 0 fully saturated rings. The van der Waals surface area contributed by atoms with Crippen molar-refractivity contribution in [2.24, 2.45) is 5.92 Å². The van der Waals surface area contributed by atoms with E-state index in [0.29, 0.717) is 17.7 Å². The Labute approximate surface area is 94.1 Å². The molecule has 1 aromatic carbocycles. The molecule has 0 aliphatic carbocycles. The Morgan fingerprint density at radius 1 is 1.62 bits per heavy atom. The highest BCUT2D eigenvalue weighted by Gasteiger charge is 2.12. The zero-order valence-electron chi connectivity index (χ0n) is 9.23. The third-order valence-corrected chi connectivity index (χ3v) is 2.35. The maximum absolute atomic E-state index is 10.7.